The highest BCUT2D eigenvalue weighted by Crippen LogP contribution is 2.29. The molecule has 0 aliphatic rings. The van der Waals surface area contributed by atoms with Gasteiger partial charge in [0, 0.05) is 6.07 Å². The van der Waals surface area contributed by atoms with E-state index in [9.17, 15) is 30.8 Å². The third-order valence-corrected chi connectivity index (χ3v) is 5.86. The smallest absolute Gasteiger partial charge is 0.387 e. The lowest BCUT2D eigenvalue weighted by Gasteiger charge is -2.13. The number of hydrogen-bond donors (Lipinski definition) is 3. The van der Waals surface area contributed by atoms with E-state index in [2.05, 4.69) is 25.0 Å². The summed E-state index contributed by atoms with van der Waals surface area (Å²) < 4.78 is 85.4. The number of fused-ring (bicyclic) bond motifs is 1. The molecule has 2 aromatic carbocycles. The van der Waals surface area contributed by atoms with E-state index in [1.807, 2.05) is 4.72 Å². The van der Waals surface area contributed by atoms with Crippen LogP contribution >= 0.6 is 0 Å². The van der Waals surface area contributed by atoms with Crippen molar-refractivity contribution in [2.45, 2.75) is 11.5 Å². The molecule has 0 aliphatic heterocycles. The number of ether oxygens (including phenoxy) is 1. The van der Waals surface area contributed by atoms with Gasteiger partial charge in [-0.3, -0.25) is 14.5 Å². The average Bonchev–Trinajstić information content (AvgIpc) is 3.26. The van der Waals surface area contributed by atoms with Crippen LogP contribution in [0.3, 0.4) is 0 Å². The van der Waals surface area contributed by atoms with E-state index < -0.39 is 56.2 Å². The maximum atomic E-state index is 15.0. The molecule has 0 unspecified atom stereocenters. The van der Waals surface area contributed by atoms with E-state index in [4.69, 9.17) is 0 Å². The summed E-state index contributed by atoms with van der Waals surface area (Å²) in [6, 6.07) is 7.06. The first-order valence-corrected chi connectivity index (χ1v) is 10.8. The number of amides is 1. The van der Waals surface area contributed by atoms with Gasteiger partial charge in [-0.05, 0) is 30.3 Å². The summed E-state index contributed by atoms with van der Waals surface area (Å²) in [5.74, 6) is -3.91. The molecule has 1 amide bonds. The largest absolute Gasteiger partial charge is 0.435 e. The van der Waals surface area contributed by atoms with Gasteiger partial charge in [0.1, 0.15) is 23.5 Å². The van der Waals surface area contributed by atoms with E-state index in [-0.39, 0.29) is 5.56 Å². The van der Waals surface area contributed by atoms with Crippen LogP contribution in [-0.4, -0.2) is 30.9 Å². The SMILES string of the molecule is O=C(Nc1c(F)ccc(NS(=O)(=O)c2cccc(OC(F)F)c2)c1F)c1cnc2[nH+]c[nH]c2c1. The Hall–Kier alpha value is -4.20. The number of anilines is 2. The number of nitrogens with zero attached hydrogens (tertiary/aromatic N) is 1. The number of carbonyl (C=O) groups excluding carboxylic acids is 1. The van der Waals surface area contributed by atoms with Crippen LogP contribution < -0.4 is 19.8 Å². The zero-order valence-electron chi connectivity index (χ0n) is 16.8. The number of sulfonamides is 1. The van der Waals surface area contributed by atoms with Crippen LogP contribution in [0.1, 0.15) is 10.4 Å². The van der Waals surface area contributed by atoms with Gasteiger partial charge in [0.05, 0.1) is 16.1 Å². The molecule has 0 aliphatic carbocycles. The van der Waals surface area contributed by atoms with Crippen molar-refractivity contribution in [3.05, 3.63) is 72.2 Å². The number of hydrogen-bond acceptors (Lipinski definition) is 5. The Kier molecular flexibility index (Phi) is 6.06. The molecule has 0 fully saturated rings. The standard InChI is InChI=1S/C20H13F4N5O4S/c21-13-4-5-14(29-34(31,32)12-3-1-2-11(7-12)33-20(23)24)16(22)17(13)28-19(30)10-6-15-18(25-8-10)27-9-26-15/h1-9,20,29H,(H,28,30)(H,25,26,27)/p+1. The fourth-order valence-corrected chi connectivity index (χ4v) is 4.04. The predicted molar refractivity (Wildman–Crippen MR) is 111 cm³/mol. The highest BCUT2D eigenvalue weighted by Gasteiger charge is 2.23. The highest BCUT2D eigenvalue weighted by atomic mass is 32.2. The molecule has 0 bridgehead atoms. The van der Waals surface area contributed by atoms with Crippen molar-refractivity contribution in [2.75, 3.05) is 10.0 Å². The normalized spacial score (nSPS) is 11.6. The quantitative estimate of drug-likeness (QED) is 0.339. The van der Waals surface area contributed by atoms with Crippen molar-refractivity contribution in [1.82, 2.24) is 9.97 Å². The number of benzene rings is 2. The summed E-state index contributed by atoms with van der Waals surface area (Å²) >= 11 is 0. The van der Waals surface area contributed by atoms with Crippen LogP contribution in [0.25, 0.3) is 11.2 Å². The van der Waals surface area contributed by atoms with Crippen LogP contribution in [0.2, 0.25) is 0 Å². The minimum Gasteiger partial charge on any atom is -0.435 e. The monoisotopic (exact) mass is 496 g/mol. The number of aromatic nitrogens is 3. The molecule has 0 saturated carbocycles. The fourth-order valence-electron chi connectivity index (χ4n) is 2.95. The topological polar surface area (TPSA) is 127 Å². The number of H-pyrrole nitrogens is 2. The number of aromatic amines is 2. The molecule has 176 valence electrons. The summed E-state index contributed by atoms with van der Waals surface area (Å²) in [6.45, 7) is -3.18. The summed E-state index contributed by atoms with van der Waals surface area (Å²) in [5.41, 5.74) is -0.701. The number of rotatable bonds is 7. The Morgan fingerprint density at radius 1 is 1.15 bits per heavy atom. The average molecular weight is 496 g/mol. The number of nitrogens with one attached hydrogen (secondary N) is 4. The number of halogens is 4. The zero-order chi connectivity index (χ0) is 24.5. The second-order valence-corrected chi connectivity index (χ2v) is 8.43. The molecular formula is C20H14F4N5O4S+. The van der Waals surface area contributed by atoms with E-state index in [1.165, 1.54) is 18.6 Å². The molecule has 34 heavy (non-hydrogen) atoms. The Morgan fingerprint density at radius 3 is 2.71 bits per heavy atom. The third-order valence-electron chi connectivity index (χ3n) is 4.50. The second-order valence-electron chi connectivity index (χ2n) is 6.75. The molecule has 0 saturated heterocycles. The van der Waals surface area contributed by atoms with E-state index in [1.54, 1.807) is 0 Å². The third kappa shape index (κ3) is 4.76. The second kappa shape index (κ2) is 8.97. The van der Waals surface area contributed by atoms with Crippen LogP contribution in [0.15, 0.2) is 59.9 Å². The van der Waals surface area contributed by atoms with Gasteiger partial charge < -0.3 is 10.1 Å². The van der Waals surface area contributed by atoms with Crippen molar-refractivity contribution < 1.29 is 40.5 Å². The minimum atomic E-state index is -4.49. The summed E-state index contributed by atoms with van der Waals surface area (Å²) in [7, 11) is -4.49. The molecule has 2 heterocycles. The number of alkyl halides is 2. The van der Waals surface area contributed by atoms with Crippen LogP contribution in [0, 0.1) is 11.6 Å². The van der Waals surface area contributed by atoms with Gasteiger partial charge in [0.15, 0.2) is 17.7 Å². The maximum Gasteiger partial charge on any atom is 0.387 e. The Balaban J connectivity index is 1.60. The summed E-state index contributed by atoms with van der Waals surface area (Å²) in [6.07, 6.45) is 2.66. The molecule has 9 nitrogen and oxygen atoms in total. The number of pyridine rings is 1. The van der Waals surface area contributed by atoms with Crippen LogP contribution in [-0.2, 0) is 10.0 Å². The lowest BCUT2D eigenvalue weighted by Crippen LogP contribution is -2.18. The molecule has 4 rings (SSSR count). The van der Waals surface area contributed by atoms with E-state index in [0.29, 0.717) is 11.2 Å². The zero-order valence-corrected chi connectivity index (χ0v) is 17.6. The van der Waals surface area contributed by atoms with E-state index >= 15 is 0 Å². The lowest BCUT2D eigenvalue weighted by atomic mass is 10.2. The van der Waals surface area contributed by atoms with Crippen molar-refractivity contribution in [3.8, 4) is 5.75 Å². The van der Waals surface area contributed by atoms with Crippen LogP contribution in [0.5, 0.6) is 5.75 Å². The predicted octanol–water partition coefficient (Wildman–Crippen LogP) is 3.31. The van der Waals surface area contributed by atoms with E-state index in [0.717, 1.165) is 36.4 Å². The highest BCUT2D eigenvalue weighted by molar-refractivity contribution is 7.92. The van der Waals surface area contributed by atoms with Crippen molar-refractivity contribution in [2.24, 2.45) is 0 Å². The first-order chi connectivity index (χ1) is 16.1. The van der Waals surface area contributed by atoms with Gasteiger partial charge in [-0.25, -0.2) is 22.2 Å². The van der Waals surface area contributed by atoms with Gasteiger partial charge in [-0.2, -0.15) is 8.78 Å². The molecule has 0 atom stereocenters. The van der Waals surface area contributed by atoms with Crippen molar-refractivity contribution in [3.63, 3.8) is 0 Å². The first-order valence-electron chi connectivity index (χ1n) is 9.36. The Bertz CT molecular complexity index is 1490. The van der Waals surface area contributed by atoms with Crippen LogP contribution in [0.4, 0.5) is 28.9 Å². The Morgan fingerprint density at radius 2 is 1.94 bits per heavy atom. The molecule has 0 spiro atoms. The molecule has 2 aromatic heterocycles. The Labute approximate surface area is 188 Å². The fraction of sp³-hybridized carbons (Fsp3) is 0.0500. The van der Waals surface area contributed by atoms with Gasteiger partial charge in [0.25, 0.3) is 21.6 Å². The molecular weight excluding hydrogens is 482 g/mol. The molecule has 4 N–H and O–H groups in total. The molecule has 0 radical (unpaired) electrons. The van der Waals surface area contributed by atoms with Gasteiger partial charge in [-0.1, -0.05) is 6.07 Å². The number of carbonyl (C=O) groups is 1. The van der Waals surface area contributed by atoms with Crippen molar-refractivity contribution >= 4 is 38.5 Å². The van der Waals surface area contributed by atoms with Crippen molar-refractivity contribution in [1.29, 1.82) is 0 Å². The minimum absolute atomic E-state index is 0.0241. The lowest BCUT2D eigenvalue weighted by molar-refractivity contribution is -0.347. The molecule has 4 aromatic rings. The number of imidazole rings is 1. The molecule has 14 heteroatoms. The van der Waals surface area contributed by atoms with Gasteiger partial charge in [0.2, 0.25) is 0 Å². The van der Waals surface area contributed by atoms with Gasteiger partial charge in [-0.15, -0.1) is 4.98 Å². The maximum absolute atomic E-state index is 15.0. The summed E-state index contributed by atoms with van der Waals surface area (Å²) in [5, 5.41) is 2.06. The summed E-state index contributed by atoms with van der Waals surface area (Å²) in [4.78, 5) is 21.6. The first kappa shape index (κ1) is 23.0. The van der Waals surface area contributed by atoms with Gasteiger partial charge >= 0.3 is 6.61 Å².